The molecule has 1 amide bonds. The number of hydrogen-bond acceptors (Lipinski definition) is 3. The zero-order valence-corrected chi connectivity index (χ0v) is 10.3. The standard InChI is InChI=1S/C11H13N3O3.ClH/c12-11(13)7-1-3-8(4-2-7)14-9(15)5-6-10(16)17;/h1-4H,5-6H2,(H3,12,13)(H,14,15)(H,16,17);1H. The summed E-state index contributed by atoms with van der Waals surface area (Å²) < 4.78 is 0. The molecular formula is C11H14ClN3O3. The average molecular weight is 272 g/mol. The quantitative estimate of drug-likeness (QED) is 0.475. The van der Waals surface area contributed by atoms with E-state index in [1.807, 2.05) is 0 Å². The van der Waals surface area contributed by atoms with Crippen LogP contribution in [0.5, 0.6) is 0 Å². The first-order valence-corrected chi connectivity index (χ1v) is 4.95. The maximum atomic E-state index is 11.3. The highest BCUT2D eigenvalue weighted by Crippen LogP contribution is 2.09. The summed E-state index contributed by atoms with van der Waals surface area (Å²) in [7, 11) is 0. The van der Waals surface area contributed by atoms with Gasteiger partial charge < -0.3 is 16.2 Å². The molecule has 0 spiro atoms. The van der Waals surface area contributed by atoms with Crippen LogP contribution in [0.1, 0.15) is 18.4 Å². The number of carboxylic acid groups (broad SMARTS) is 1. The monoisotopic (exact) mass is 271 g/mol. The molecule has 5 N–H and O–H groups in total. The minimum atomic E-state index is -1.01. The van der Waals surface area contributed by atoms with E-state index >= 15 is 0 Å². The first kappa shape index (κ1) is 15.9. The molecule has 0 aliphatic carbocycles. The maximum absolute atomic E-state index is 11.3. The molecule has 0 saturated heterocycles. The minimum absolute atomic E-state index is 0. The SMILES string of the molecule is Cl.N=C(N)c1ccc(NC(=O)CCC(=O)O)cc1. The van der Waals surface area contributed by atoms with Crippen molar-refractivity contribution < 1.29 is 14.7 Å². The van der Waals surface area contributed by atoms with Gasteiger partial charge >= 0.3 is 5.97 Å². The summed E-state index contributed by atoms with van der Waals surface area (Å²) in [5.41, 5.74) is 6.39. The molecule has 6 nitrogen and oxygen atoms in total. The highest BCUT2D eigenvalue weighted by molar-refractivity contribution is 5.96. The summed E-state index contributed by atoms with van der Waals surface area (Å²) in [4.78, 5) is 21.6. The van der Waals surface area contributed by atoms with Crippen LogP contribution in [-0.2, 0) is 9.59 Å². The Morgan fingerprint density at radius 2 is 1.78 bits per heavy atom. The van der Waals surface area contributed by atoms with Crippen molar-refractivity contribution in [3.8, 4) is 0 Å². The van der Waals surface area contributed by atoms with E-state index in [0.29, 0.717) is 11.3 Å². The molecular weight excluding hydrogens is 258 g/mol. The Morgan fingerprint density at radius 1 is 1.22 bits per heavy atom. The molecule has 1 aromatic carbocycles. The van der Waals surface area contributed by atoms with Crippen LogP contribution in [-0.4, -0.2) is 22.8 Å². The number of carbonyl (C=O) groups excluding carboxylic acids is 1. The lowest BCUT2D eigenvalue weighted by Crippen LogP contribution is -2.14. The van der Waals surface area contributed by atoms with Crippen LogP contribution in [0.2, 0.25) is 0 Å². The number of anilines is 1. The molecule has 0 radical (unpaired) electrons. The van der Waals surface area contributed by atoms with Crippen molar-refractivity contribution in [2.75, 3.05) is 5.32 Å². The van der Waals surface area contributed by atoms with Gasteiger partial charge in [0.2, 0.25) is 5.91 Å². The van der Waals surface area contributed by atoms with Crippen LogP contribution in [0.15, 0.2) is 24.3 Å². The van der Waals surface area contributed by atoms with Crippen molar-refractivity contribution in [2.24, 2.45) is 5.73 Å². The number of hydrogen-bond donors (Lipinski definition) is 4. The Hall–Kier alpha value is -2.08. The summed E-state index contributed by atoms with van der Waals surface area (Å²) in [5.74, 6) is -1.41. The van der Waals surface area contributed by atoms with E-state index in [-0.39, 0.29) is 37.0 Å². The lowest BCUT2D eigenvalue weighted by molar-refractivity contribution is -0.138. The maximum Gasteiger partial charge on any atom is 0.303 e. The van der Waals surface area contributed by atoms with Gasteiger partial charge in [-0.1, -0.05) is 0 Å². The smallest absolute Gasteiger partial charge is 0.303 e. The van der Waals surface area contributed by atoms with Crippen molar-refractivity contribution in [3.05, 3.63) is 29.8 Å². The van der Waals surface area contributed by atoms with Crippen LogP contribution in [0, 0.1) is 5.41 Å². The number of carbonyl (C=O) groups is 2. The van der Waals surface area contributed by atoms with Gasteiger partial charge in [-0.3, -0.25) is 15.0 Å². The zero-order chi connectivity index (χ0) is 12.8. The number of nitrogens with two attached hydrogens (primary N) is 1. The van der Waals surface area contributed by atoms with Gasteiger partial charge in [0.15, 0.2) is 0 Å². The predicted octanol–water partition coefficient (Wildman–Crippen LogP) is 1.20. The normalized spacial score (nSPS) is 9.11. The van der Waals surface area contributed by atoms with Gasteiger partial charge in [-0.25, -0.2) is 0 Å². The fourth-order valence-electron chi connectivity index (χ4n) is 1.18. The van der Waals surface area contributed by atoms with Gasteiger partial charge in [0.1, 0.15) is 5.84 Å². The van der Waals surface area contributed by atoms with Gasteiger partial charge in [-0.05, 0) is 24.3 Å². The van der Waals surface area contributed by atoms with Crippen molar-refractivity contribution in [1.29, 1.82) is 5.41 Å². The highest BCUT2D eigenvalue weighted by Gasteiger charge is 2.05. The molecule has 0 saturated carbocycles. The predicted molar refractivity (Wildman–Crippen MR) is 70.2 cm³/mol. The number of rotatable bonds is 5. The minimum Gasteiger partial charge on any atom is -0.481 e. The van der Waals surface area contributed by atoms with E-state index < -0.39 is 5.97 Å². The van der Waals surface area contributed by atoms with Gasteiger partial charge in [0.25, 0.3) is 0 Å². The third kappa shape index (κ3) is 5.31. The van der Waals surface area contributed by atoms with Gasteiger partial charge in [-0.15, -0.1) is 12.4 Å². The van der Waals surface area contributed by atoms with E-state index in [1.54, 1.807) is 24.3 Å². The molecule has 0 fully saturated rings. The molecule has 0 bridgehead atoms. The second kappa shape index (κ2) is 7.29. The Bertz CT molecular complexity index is 445. The Balaban J connectivity index is 0.00000289. The highest BCUT2D eigenvalue weighted by atomic mass is 35.5. The molecule has 0 heterocycles. The number of amides is 1. The summed E-state index contributed by atoms with van der Waals surface area (Å²) in [6.45, 7) is 0. The number of amidine groups is 1. The summed E-state index contributed by atoms with van der Waals surface area (Å²) in [5, 5.41) is 18.1. The molecule has 1 rings (SSSR count). The zero-order valence-electron chi connectivity index (χ0n) is 9.47. The lowest BCUT2D eigenvalue weighted by Gasteiger charge is -2.05. The fraction of sp³-hybridized carbons (Fsp3) is 0.182. The second-order valence-electron chi connectivity index (χ2n) is 3.43. The van der Waals surface area contributed by atoms with Crippen LogP contribution in [0.25, 0.3) is 0 Å². The fourth-order valence-corrected chi connectivity index (χ4v) is 1.18. The molecule has 1 aromatic rings. The van der Waals surface area contributed by atoms with Gasteiger partial charge in [0.05, 0.1) is 6.42 Å². The molecule has 0 aliphatic heterocycles. The molecule has 0 aliphatic rings. The average Bonchev–Trinajstić information content (AvgIpc) is 2.27. The molecule has 18 heavy (non-hydrogen) atoms. The Kier molecular flexibility index (Phi) is 6.44. The van der Waals surface area contributed by atoms with E-state index in [4.69, 9.17) is 16.2 Å². The number of aliphatic carboxylic acids is 1. The van der Waals surface area contributed by atoms with Gasteiger partial charge in [0, 0.05) is 17.7 Å². The van der Waals surface area contributed by atoms with E-state index in [9.17, 15) is 9.59 Å². The summed E-state index contributed by atoms with van der Waals surface area (Å²) in [6, 6.07) is 6.43. The summed E-state index contributed by atoms with van der Waals surface area (Å²) >= 11 is 0. The molecule has 0 unspecified atom stereocenters. The number of carboxylic acids is 1. The number of nitrogen functional groups attached to an aromatic ring is 1. The van der Waals surface area contributed by atoms with Crippen LogP contribution >= 0.6 is 12.4 Å². The Labute approximate surface area is 110 Å². The third-order valence-electron chi connectivity index (χ3n) is 2.05. The van der Waals surface area contributed by atoms with Crippen LogP contribution in [0.4, 0.5) is 5.69 Å². The molecule has 98 valence electrons. The van der Waals surface area contributed by atoms with Crippen LogP contribution < -0.4 is 11.1 Å². The van der Waals surface area contributed by atoms with Crippen molar-refractivity contribution in [1.82, 2.24) is 0 Å². The van der Waals surface area contributed by atoms with E-state index in [1.165, 1.54) is 0 Å². The largest absolute Gasteiger partial charge is 0.481 e. The van der Waals surface area contributed by atoms with Gasteiger partial charge in [-0.2, -0.15) is 0 Å². The first-order valence-electron chi connectivity index (χ1n) is 4.95. The molecule has 0 aromatic heterocycles. The number of nitrogens with one attached hydrogen (secondary N) is 2. The van der Waals surface area contributed by atoms with Crippen LogP contribution in [0.3, 0.4) is 0 Å². The number of benzene rings is 1. The summed E-state index contributed by atoms with van der Waals surface area (Å²) in [6.07, 6.45) is -0.263. The topological polar surface area (TPSA) is 116 Å². The van der Waals surface area contributed by atoms with E-state index in [2.05, 4.69) is 5.32 Å². The lowest BCUT2D eigenvalue weighted by atomic mass is 10.2. The van der Waals surface area contributed by atoms with Crippen molar-refractivity contribution in [3.63, 3.8) is 0 Å². The van der Waals surface area contributed by atoms with Crippen molar-refractivity contribution >= 4 is 35.8 Å². The molecule has 0 atom stereocenters. The van der Waals surface area contributed by atoms with Crippen molar-refractivity contribution in [2.45, 2.75) is 12.8 Å². The third-order valence-corrected chi connectivity index (χ3v) is 2.05. The first-order chi connectivity index (χ1) is 7.99. The Morgan fingerprint density at radius 3 is 2.22 bits per heavy atom. The second-order valence-corrected chi connectivity index (χ2v) is 3.43. The van der Waals surface area contributed by atoms with E-state index in [0.717, 1.165) is 0 Å². The molecule has 7 heteroatoms. The number of halogens is 1.